The van der Waals surface area contributed by atoms with Gasteiger partial charge < -0.3 is 4.90 Å². The van der Waals surface area contributed by atoms with E-state index in [1.807, 2.05) is 12.4 Å². The fraction of sp³-hybridized carbons (Fsp3) is 0.308. The summed E-state index contributed by atoms with van der Waals surface area (Å²) in [5, 5.41) is 2.12. The molecule has 2 aromatic rings. The topological polar surface area (TPSA) is 16.1 Å². The SMILES string of the molecule is CC(C)N(Cc1cccs1)c1cncc(Br)c1. The number of anilines is 1. The fourth-order valence-corrected chi connectivity index (χ4v) is 2.76. The smallest absolute Gasteiger partial charge is 0.0569 e. The Kier molecular flexibility index (Phi) is 4.18. The minimum absolute atomic E-state index is 0.452. The lowest BCUT2D eigenvalue weighted by Crippen LogP contribution is -2.29. The molecule has 0 saturated carbocycles. The van der Waals surface area contributed by atoms with Crippen molar-refractivity contribution in [2.24, 2.45) is 0 Å². The van der Waals surface area contributed by atoms with Gasteiger partial charge in [0.05, 0.1) is 18.4 Å². The highest BCUT2D eigenvalue weighted by atomic mass is 79.9. The number of rotatable bonds is 4. The highest BCUT2D eigenvalue weighted by molar-refractivity contribution is 9.10. The lowest BCUT2D eigenvalue weighted by Gasteiger charge is -2.28. The average Bonchev–Trinajstić information content (AvgIpc) is 2.78. The molecule has 0 aliphatic rings. The predicted octanol–water partition coefficient (Wildman–Crippen LogP) is 4.32. The second-order valence-corrected chi connectivity index (χ2v) is 6.11. The first-order valence-corrected chi connectivity index (χ1v) is 7.23. The third-order valence-corrected chi connectivity index (χ3v) is 3.85. The van der Waals surface area contributed by atoms with Gasteiger partial charge in [-0.15, -0.1) is 11.3 Å². The number of thiophene rings is 1. The van der Waals surface area contributed by atoms with Gasteiger partial charge in [0.25, 0.3) is 0 Å². The molecule has 2 nitrogen and oxygen atoms in total. The molecule has 0 atom stereocenters. The largest absolute Gasteiger partial charge is 0.363 e. The number of aromatic nitrogens is 1. The molecule has 0 spiro atoms. The second-order valence-electron chi connectivity index (χ2n) is 4.16. The minimum Gasteiger partial charge on any atom is -0.363 e. The van der Waals surface area contributed by atoms with Crippen LogP contribution < -0.4 is 4.90 Å². The van der Waals surface area contributed by atoms with Gasteiger partial charge in [-0.1, -0.05) is 6.07 Å². The number of pyridine rings is 1. The van der Waals surface area contributed by atoms with Gasteiger partial charge in [-0.25, -0.2) is 0 Å². The molecular weight excluding hydrogens is 296 g/mol. The Labute approximate surface area is 114 Å². The van der Waals surface area contributed by atoms with Gasteiger partial charge in [-0.05, 0) is 47.3 Å². The van der Waals surface area contributed by atoms with Crippen LogP contribution in [-0.2, 0) is 6.54 Å². The summed E-state index contributed by atoms with van der Waals surface area (Å²) in [5.41, 5.74) is 1.16. The second kappa shape index (κ2) is 5.65. The van der Waals surface area contributed by atoms with Crippen LogP contribution in [0, 0.1) is 0 Å². The maximum atomic E-state index is 4.23. The molecule has 0 fully saturated rings. The molecule has 0 radical (unpaired) electrons. The van der Waals surface area contributed by atoms with Crippen molar-refractivity contribution in [3.63, 3.8) is 0 Å². The molecular formula is C13H15BrN2S. The minimum atomic E-state index is 0.452. The van der Waals surface area contributed by atoms with Crippen molar-refractivity contribution in [2.45, 2.75) is 26.4 Å². The number of hydrogen-bond acceptors (Lipinski definition) is 3. The van der Waals surface area contributed by atoms with Crippen LogP contribution in [0.15, 0.2) is 40.4 Å². The van der Waals surface area contributed by atoms with Gasteiger partial charge >= 0.3 is 0 Å². The van der Waals surface area contributed by atoms with Crippen LogP contribution in [0.5, 0.6) is 0 Å². The summed E-state index contributed by atoms with van der Waals surface area (Å²) >= 11 is 5.26. The molecule has 0 aliphatic heterocycles. The summed E-state index contributed by atoms with van der Waals surface area (Å²) in [6, 6.07) is 6.83. The molecule has 2 rings (SSSR count). The zero-order valence-electron chi connectivity index (χ0n) is 9.93. The summed E-state index contributed by atoms with van der Waals surface area (Å²) in [6.45, 7) is 5.34. The van der Waals surface area contributed by atoms with Crippen molar-refractivity contribution in [2.75, 3.05) is 4.90 Å². The van der Waals surface area contributed by atoms with Gasteiger partial charge in [0.1, 0.15) is 0 Å². The highest BCUT2D eigenvalue weighted by Crippen LogP contribution is 2.23. The van der Waals surface area contributed by atoms with Gasteiger partial charge in [-0.3, -0.25) is 4.98 Å². The van der Waals surface area contributed by atoms with Crippen molar-refractivity contribution >= 4 is 33.0 Å². The normalized spacial score (nSPS) is 10.8. The number of hydrogen-bond donors (Lipinski definition) is 0. The van der Waals surface area contributed by atoms with Crippen LogP contribution in [0.1, 0.15) is 18.7 Å². The molecule has 90 valence electrons. The third kappa shape index (κ3) is 3.30. The summed E-state index contributed by atoms with van der Waals surface area (Å²) in [7, 11) is 0. The molecule has 0 bridgehead atoms. The van der Waals surface area contributed by atoms with Crippen LogP contribution >= 0.6 is 27.3 Å². The number of halogens is 1. The van der Waals surface area contributed by atoms with Gasteiger partial charge in [0, 0.05) is 21.6 Å². The van der Waals surface area contributed by atoms with Gasteiger partial charge in [-0.2, -0.15) is 0 Å². The Hall–Kier alpha value is -0.870. The van der Waals surface area contributed by atoms with Crippen molar-refractivity contribution in [1.82, 2.24) is 4.98 Å². The summed E-state index contributed by atoms with van der Waals surface area (Å²) < 4.78 is 1.02. The molecule has 0 unspecified atom stereocenters. The monoisotopic (exact) mass is 310 g/mol. The predicted molar refractivity (Wildman–Crippen MR) is 77.6 cm³/mol. The van der Waals surface area contributed by atoms with E-state index in [2.05, 4.69) is 63.2 Å². The van der Waals surface area contributed by atoms with E-state index in [0.29, 0.717) is 6.04 Å². The first-order valence-electron chi connectivity index (χ1n) is 5.56. The summed E-state index contributed by atoms with van der Waals surface area (Å²) in [4.78, 5) is 7.96. The van der Waals surface area contributed by atoms with E-state index in [0.717, 1.165) is 16.7 Å². The quantitative estimate of drug-likeness (QED) is 0.836. The summed E-state index contributed by atoms with van der Waals surface area (Å²) in [5.74, 6) is 0. The van der Waals surface area contributed by atoms with Crippen molar-refractivity contribution in [3.8, 4) is 0 Å². The number of nitrogens with zero attached hydrogens (tertiary/aromatic N) is 2. The van der Waals surface area contributed by atoms with E-state index in [-0.39, 0.29) is 0 Å². The first kappa shape index (κ1) is 12.6. The zero-order chi connectivity index (χ0) is 12.3. The molecule has 2 heterocycles. The maximum Gasteiger partial charge on any atom is 0.0569 e. The van der Waals surface area contributed by atoms with E-state index in [4.69, 9.17) is 0 Å². The van der Waals surface area contributed by atoms with Crippen LogP contribution in [-0.4, -0.2) is 11.0 Å². The van der Waals surface area contributed by atoms with E-state index < -0.39 is 0 Å². The molecule has 17 heavy (non-hydrogen) atoms. The molecule has 2 aromatic heterocycles. The zero-order valence-corrected chi connectivity index (χ0v) is 12.3. The Bertz CT molecular complexity index is 468. The molecule has 0 aromatic carbocycles. The molecule has 0 saturated heterocycles. The van der Waals surface area contributed by atoms with Crippen LogP contribution in [0.2, 0.25) is 0 Å². The molecule has 4 heteroatoms. The maximum absolute atomic E-state index is 4.23. The fourth-order valence-electron chi connectivity index (χ4n) is 1.70. The third-order valence-electron chi connectivity index (χ3n) is 2.55. The standard InChI is InChI=1S/C13H15BrN2S/c1-10(2)16(9-13-4-3-5-17-13)12-6-11(14)7-15-8-12/h3-8,10H,9H2,1-2H3. The Morgan fingerprint density at radius 2 is 2.24 bits per heavy atom. The average molecular weight is 311 g/mol. The molecule has 0 aliphatic carbocycles. The van der Waals surface area contributed by atoms with E-state index in [1.165, 1.54) is 4.88 Å². The van der Waals surface area contributed by atoms with E-state index in [9.17, 15) is 0 Å². The van der Waals surface area contributed by atoms with Crippen LogP contribution in [0.4, 0.5) is 5.69 Å². The molecule has 0 amide bonds. The van der Waals surface area contributed by atoms with Gasteiger partial charge in [0.15, 0.2) is 0 Å². The van der Waals surface area contributed by atoms with Crippen LogP contribution in [0.3, 0.4) is 0 Å². The van der Waals surface area contributed by atoms with Gasteiger partial charge in [0.2, 0.25) is 0 Å². The van der Waals surface area contributed by atoms with Crippen molar-refractivity contribution in [3.05, 3.63) is 45.3 Å². The Morgan fingerprint density at radius 1 is 1.41 bits per heavy atom. The lowest BCUT2D eigenvalue weighted by molar-refractivity contribution is 0.685. The Balaban J connectivity index is 2.23. The summed E-state index contributed by atoms with van der Waals surface area (Å²) in [6.07, 6.45) is 3.73. The highest BCUT2D eigenvalue weighted by Gasteiger charge is 2.12. The molecule has 0 N–H and O–H groups in total. The van der Waals surface area contributed by atoms with Crippen molar-refractivity contribution in [1.29, 1.82) is 0 Å². The van der Waals surface area contributed by atoms with Crippen molar-refractivity contribution < 1.29 is 0 Å². The van der Waals surface area contributed by atoms with E-state index in [1.54, 1.807) is 11.3 Å². The first-order chi connectivity index (χ1) is 8.16. The van der Waals surface area contributed by atoms with Crippen LogP contribution in [0.25, 0.3) is 0 Å². The van der Waals surface area contributed by atoms with E-state index >= 15 is 0 Å². The Morgan fingerprint density at radius 3 is 2.82 bits per heavy atom. The lowest BCUT2D eigenvalue weighted by atomic mass is 10.2.